The second-order valence-electron chi connectivity index (χ2n) is 4.13. The van der Waals surface area contributed by atoms with Crippen molar-refractivity contribution >= 4 is 5.97 Å². The van der Waals surface area contributed by atoms with Crippen molar-refractivity contribution < 1.29 is 14.3 Å². The van der Waals surface area contributed by atoms with E-state index in [1.165, 1.54) is 7.11 Å². The van der Waals surface area contributed by atoms with E-state index in [4.69, 9.17) is 4.74 Å². The molecule has 19 heavy (non-hydrogen) atoms. The van der Waals surface area contributed by atoms with E-state index < -0.39 is 5.97 Å². The van der Waals surface area contributed by atoms with Crippen LogP contribution in [0.4, 0.5) is 0 Å². The number of hydrogen-bond acceptors (Lipinski definition) is 4. The van der Waals surface area contributed by atoms with E-state index in [9.17, 15) is 4.79 Å². The van der Waals surface area contributed by atoms with Crippen LogP contribution in [0.25, 0.3) is 11.1 Å². The Morgan fingerprint density at radius 1 is 1.16 bits per heavy atom. The first-order chi connectivity index (χ1) is 9.15. The lowest BCUT2D eigenvalue weighted by molar-refractivity contribution is 0.0594. The molecule has 0 atom stereocenters. The standard InChI is InChI=1S/C15H15NO3/c1-10-4-7-14(18-2)12(8-10)11-5-6-13(16-9-11)15(17)19-3/h4-9H,1-3H3. The Hall–Kier alpha value is -2.36. The Labute approximate surface area is 112 Å². The highest BCUT2D eigenvalue weighted by atomic mass is 16.5. The van der Waals surface area contributed by atoms with Crippen molar-refractivity contribution in [3.8, 4) is 16.9 Å². The van der Waals surface area contributed by atoms with Crippen LogP contribution in [-0.2, 0) is 4.74 Å². The first-order valence-corrected chi connectivity index (χ1v) is 5.85. The Kier molecular flexibility index (Phi) is 3.80. The minimum atomic E-state index is -0.442. The minimum Gasteiger partial charge on any atom is -0.496 e. The van der Waals surface area contributed by atoms with Gasteiger partial charge in [-0.25, -0.2) is 9.78 Å². The van der Waals surface area contributed by atoms with E-state index in [1.807, 2.05) is 31.2 Å². The zero-order valence-electron chi connectivity index (χ0n) is 11.1. The number of esters is 1. The molecule has 0 aliphatic carbocycles. The normalized spacial score (nSPS) is 10.1. The SMILES string of the molecule is COC(=O)c1ccc(-c2cc(C)ccc2OC)cn1. The largest absolute Gasteiger partial charge is 0.496 e. The Morgan fingerprint density at radius 3 is 2.53 bits per heavy atom. The quantitative estimate of drug-likeness (QED) is 0.793. The summed E-state index contributed by atoms with van der Waals surface area (Å²) in [5, 5.41) is 0. The predicted octanol–water partition coefficient (Wildman–Crippen LogP) is 2.85. The van der Waals surface area contributed by atoms with E-state index in [1.54, 1.807) is 19.4 Å². The molecule has 1 aromatic heterocycles. The number of ether oxygens (including phenoxy) is 2. The van der Waals surface area contributed by atoms with Gasteiger partial charge in [0.25, 0.3) is 0 Å². The van der Waals surface area contributed by atoms with Gasteiger partial charge in [0.05, 0.1) is 14.2 Å². The number of pyridine rings is 1. The molecule has 0 bridgehead atoms. The summed E-state index contributed by atoms with van der Waals surface area (Å²) in [6.45, 7) is 2.01. The highest BCUT2D eigenvalue weighted by molar-refractivity contribution is 5.87. The second kappa shape index (κ2) is 5.52. The van der Waals surface area contributed by atoms with Crippen LogP contribution in [0.1, 0.15) is 16.1 Å². The third kappa shape index (κ3) is 2.73. The van der Waals surface area contributed by atoms with Gasteiger partial charge in [0.2, 0.25) is 0 Å². The third-order valence-corrected chi connectivity index (χ3v) is 2.82. The lowest BCUT2D eigenvalue weighted by atomic mass is 10.0. The molecule has 4 heteroatoms. The van der Waals surface area contributed by atoms with Crippen molar-refractivity contribution in [1.82, 2.24) is 4.98 Å². The fourth-order valence-corrected chi connectivity index (χ4v) is 1.83. The van der Waals surface area contributed by atoms with Gasteiger partial charge in [-0.2, -0.15) is 0 Å². The van der Waals surface area contributed by atoms with Crippen molar-refractivity contribution in [2.75, 3.05) is 14.2 Å². The minimum absolute atomic E-state index is 0.290. The topological polar surface area (TPSA) is 48.4 Å². The monoisotopic (exact) mass is 257 g/mol. The number of benzene rings is 1. The molecule has 2 rings (SSSR count). The molecule has 0 N–H and O–H groups in total. The van der Waals surface area contributed by atoms with Crippen LogP contribution in [0.5, 0.6) is 5.75 Å². The molecule has 0 radical (unpaired) electrons. The second-order valence-corrected chi connectivity index (χ2v) is 4.13. The number of carbonyl (C=O) groups excluding carboxylic acids is 1. The summed E-state index contributed by atoms with van der Waals surface area (Å²) in [6, 6.07) is 9.39. The van der Waals surface area contributed by atoms with Crippen LogP contribution in [-0.4, -0.2) is 25.2 Å². The molecular formula is C15H15NO3. The van der Waals surface area contributed by atoms with Crippen LogP contribution in [0.3, 0.4) is 0 Å². The van der Waals surface area contributed by atoms with Gasteiger partial charge in [0, 0.05) is 17.3 Å². The summed E-state index contributed by atoms with van der Waals surface area (Å²) in [5.41, 5.74) is 3.27. The average molecular weight is 257 g/mol. The highest BCUT2D eigenvalue weighted by Gasteiger charge is 2.10. The molecule has 0 aliphatic rings. The van der Waals surface area contributed by atoms with Gasteiger partial charge in [-0.1, -0.05) is 17.7 Å². The van der Waals surface area contributed by atoms with Crippen LogP contribution >= 0.6 is 0 Å². The lowest BCUT2D eigenvalue weighted by Crippen LogP contribution is -2.03. The van der Waals surface area contributed by atoms with Gasteiger partial charge in [-0.05, 0) is 25.1 Å². The van der Waals surface area contributed by atoms with Gasteiger partial charge in [0.1, 0.15) is 11.4 Å². The van der Waals surface area contributed by atoms with Crippen molar-refractivity contribution in [3.63, 3.8) is 0 Å². The number of carbonyl (C=O) groups is 1. The number of aromatic nitrogens is 1. The molecule has 1 heterocycles. The fraction of sp³-hybridized carbons (Fsp3) is 0.200. The predicted molar refractivity (Wildman–Crippen MR) is 72.3 cm³/mol. The molecule has 4 nitrogen and oxygen atoms in total. The van der Waals surface area contributed by atoms with Gasteiger partial charge in [-0.3, -0.25) is 0 Å². The number of hydrogen-bond donors (Lipinski definition) is 0. The molecule has 0 saturated heterocycles. The number of nitrogens with zero attached hydrogens (tertiary/aromatic N) is 1. The maximum Gasteiger partial charge on any atom is 0.356 e. The molecule has 0 saturated carbocycles. The van der Waals surface area contributed by atoms with Crippen molar-refractivity contribution in [2.24, 2.45) is 0 Å². The van der Waals surface area contributed by atoms with Gasteiger partial charge in [-0.15, -0.1) is 0 Å². The zero-order chi connectivity index (χ0) is 13.8. The lowest BCUT2D eigenvalue weighted by Gasteiger charge is -2.09. The van der Waals surface area contributed by atoms with Gasteiger partial charge < -0.3 is 9.47 Å². The summed E-state index contributed by atoms with van der Waals surface area (Å²) < 4.78 is 9.95. The van der Waals surface area contributed by atoms with E-state index in [2.05, 4.69) is 9.72 Å². The molecular weight excluding hydrogens is 242 g/mol. The fourth-order valence-electron chi connectivity index (χ4n) is 1.83. The molecule has 0 amide bonds. The van der Waals surface area contributed by atoms with Crippen molar-refractivity contribution in [3.05, 3.63) is 47.8 Å². The van der Waals surface area contributed by atoms with E-state index >= 15 is 0 Å². The average Bonchev–Trinajstić information content (AvgIpc) is 2.46. The summed E-state index contributed by atoms with van der Waals surface area (Å²) >= 11 is 0. The number of methoxy groups -OCH3 is 2. The smallest absolute Gasteiger partial charge is 0.356 e. The molecule has 98 valence electrons. The van der Waals surface area contributed by atoms with Crippen LogP contribution < -0.4 is 4.74 Å². The molecule has 0 fully saturated rings. The van der Waals surface area contributed by atoms with Crippen molar-refractivity contribution in [1.29, 1.82) is 0 Å². The Balaban J connectivity index is 2.42. The molecule has 2 aromatic rings. The van der Waals surface area contributed by atoms with Crippen molar-refractivity contribution in [2.45, 2.75) is 6.92 Å². The summed E-state index contributed by atoms with van der Waals surface area (Å²) in [7, 11) is 2.96. The van der Waals surface area contributed by atoms with E-state index in [0.29, 0.717) is 0 Å². The van der Waals surface area contributed by atoms with Crippen LogP contribution in [0.15, 0.2) is 36.5 Å². The molecule has 0 spiro atoms. The summed E-state index contributed by atoms with van der Waals surface area (Å²) in [6.07, 6.45) is 1.64. The Morgan fingerprint density at radius 2 is 1.95 bits per heavy atom. The van der Waals surface area contributed by atoms with E-state index in [-0.39, 0.29) is 5.69 Å². The molecule has 0 unspecified atom stereocenters. The third-order valence-electron chi connectivity index (χ3n) is 2.82. The summed E-state index contributed by atoms with van der Waals surface area (Å²) in [5.74, 6) is 0.334. The maximum absolute atomic E-state index is 11.3. The van der Waals surface area contributed by atoms with Crippen LogP contribution in [0, 0.1) is 6.92 Å². The molecule has 0 aliphatic heterocycles. The zero-order valence-corrected chi connectivity index (χ0v) is 11.1. The summed E-state index contributed by atoms with van der Waals surface area (Å²) in [4.78, 5) is 15.4. The number of aryl methyl sites for hydroxylation is 1. The Bertz CT molecular complexity index is 591. The molecule has 1 aromatic carbocycles. The van der Waals surface area contributed by atoms with E-state index in [0.717, 1.165) is 22.4 Å². The van der Waals surface area contributed by atoms with Gasteiger partial charge in [0.15, 0.2) is 0 Å². The first-order valence-electron chi connectivity index (χ1n) is 5.85. The highest BCUT2D eigenvalue weighted by Crippen LogP contribution is 2.30. The van der Waals surface area contributed by atoms with Crippen LogP contribution in [0.2, 0.25) is 0 Å². The maximum atomic E-state index is 11.3. The number of rotatable bonds is 3. The van der Waals surface area contributed by atoms with Gasteiger partial charge >= 0.3 is 5.97 Å². The first kappa shape index (κ1) is 13.1.